The molecule has 0 saturated carbocycles. The number of nitrogens with zero attached hydrogens (tertiary/aromatic N) is 2. The smallest absolute Gasteiger partial charge is 0.146 e. The van der Waals surface area contributed by atoms with Crippen LogP contribution in [0.1, 0.15) is 30.9 Å². The maximum absolute atomic E-state index is 13.0. The van der Waals surface area contributed by atoms with Gasteiger partial charge in [0.2, 0.25) is 0 Å². The molecule has 0 aliphatic carbocycles. The summed E-state index contributed by atoms with van der Waals surface area (Å²) in [7, 11) is 0. The van der Waals surface area contributed by atoms with Gasteiger partial charge in [0.15, 0.2) is 0 Å². The quantitative estimate of drug-likeness (QED) is 0.678. The maximum Gasteiger partial charge on any atom is 0.146 e. The first-order chi connectivity index (χ1) is 13.0. The monoisotopic (exact) mass is 384 g/mol. The van der Waals surface area contributed by atoms with Gasteiger partial charge < -0.3 is 0 Å². The summed E-state index contributed by atoms with van der Waals surface area (Å²) >= 11 is 6.20. The first-order valence-electron chi connectivity index (χ1n) is 9.43. The molecule has 1 unspecified atom stereocenters. The summed E-state index contributed by atoms with van der Waals surface area (Å²) in [6.07, 6.45) is 5.49. The van der Waals surface area contributed by atoms with Crippen molar-refractivity contribution in [3.8, 4) is 0 Å². The largest absolute Gasteiger partial charge is 0.299 e. The minimum Gasteiger partial charge on any atom is -0.299 e. The molecule has 2 heterocycles. The Bertz CT molecular complexity index is 786. The number of benzene rings is 1. The van der Waals surface area contributed by atoms with Crippen LogP contribution in [-0.4, -0.2) is 34.5 Å². The fraction of sp³-hybridized carbons (Fsp3) is 0.409. The van der Waals surface area contributed by atoms with Gasteiger partial charge in [0.05, 0.1) is 10.9 Å². The van der Waals surface area contributed by atoms with Crippen molar-refractivity contribution < 1.29 is 9.59 Å². The third-order valence-electron chi connectivity index (χ3n) is 5.36. The summed E-state index contributed by atoms with van der Waals surface area (Å²) in [6, 6.07) is 11.7. The van der Waals surface area contributed by atoms with E-state index in [1.54, 1.807) is 12.4 Å². The third-order valence-corrected chi connectivity index (χ3v) is 5.70. The van der Waals surface area contributed by atoms with E-state index in [1.807, 2.05) is 36.4 Å². The molecule has 2 aromatic rings. The number of piperidine rings is 1. The Hall–Kier alpha value is -2.04. The van der Waals surface area contributed by atoms with Crippen LogP contribution in [-0.2, 0) is 22.6 Å². The number of hydrogen-bond donors (Lipinski definition) is 0. The van der Waals surface area contributed by atoms with Gasteiger partial charge in [-0.1, -0.05) is 41.9 Å². The summed E-state index contributed by atoms with van der Waals surface area (Å²) in [5, 5.41) is 0.676. The molecule has 1 aliphatic heterocycles. The standard InChI is InChI=1S/C22H25ClN2O2/c1-16(26)20(13-17-5-3-2-4-6-17)22(27)18-8-11-25(12-9-18)15-19-7-10-24-14-21(19)23/h2-7,10,14,18,20H,8-9,11-13,15H2,1H3. The molecular weight excluding hydrogens is 360 g/mol. The minimum atomic E-state index is -0.529. The van der Waals surface area contributed by atoms with Crippen molar-refractivity contribution in [2.45, 2.75) is 32.7 Å². The first-order valence-corrected chi connectivity index (χ1v) is 9.81. The van der Waals surface area contributed by atoms with Crippen molar-refractivity contribution in [1.82, 2.24) is 9.88 Å². The second kappa shape index (κ2) is 9.25. The predicted molar refractivity (Wildman–Crippen MR) is 107 cm³/mol. The zero-order valence-electron chi connectivity index (χ0n) is 15.6. The molecule has 4 nitrogen and oxygen atoms in total. The Morgan fingerprint density at radius 1 is 1.19 bits per heavy atom. The highest BCUT2D eigenvalue weighted by Crippen LogP contribution is 2.26. The Labute approximate surface area is 165 Å². The Balaban J connectivity index is 1.58. The lowest BCUT2D eigenvalue weighted by molar-refractivity contribution is -0.135. The molecule has 3 rings (SSSR count). The molecule has 0 radical (unpaired) electrons. The van der Waals surface area contributed by atoms with Crippen LogP contribution in [0.2, 0.25) is 5.02 Å². The van der Waals surface area contributed by atoms with Gasteiger partial charge in [-0.3, -0.25) is 19.5 Å². The van der Waals surface area contributed by atoms with Crippen molar-refractivity contribution in [1.29, 1.82) is 0 Å². The molecule has 0 amide bonds. The Kier molecular flexibility index (Phi) is 6.75. The van der Waals surface area contributed by atoms with E-state index in [-0.39, 0.29) is 17.5 Å². The van der Waals surface area contributed by atoms with E-state index in [1.165, 1.54) is 6.92 Å². The average molecular weight is 385 g/mol. The minimum absolute atomic E-state index is 0.0325. The lowest BCUT2D eigenvalue weighted by atomic mass is 9.81. The predicted octanol–water partition coefficient (Wildman–Crippen LogP) is 3.96. The van der Waals surface area contributed by atoms with Crippen molar-refractivity contribution in [2.24, 2.45) is 11.8 Å². The molecular formula is C22H25ClN2O2. The van der Waals surface area contributed by atoms with E-state index in [2.05, 4.69) is 9.88 Å². The normalized spacial score (nSPS) is 16.8. The lowest BCUT2D eigenvalue weighted by Gasteiger charge is -2.32. The highest BCUT2D eigenvalue weighted by Gasteiger charge is 2.32. The molecule has 0 spiro atoms. The van der Waals surface area contributed by atoms with Crippen molar-refractivity contribution in [3.05, 3.63) is 64.9 Å². The molecule has 1 fully saturated rings. The van der Waals surface area contributed by atoms with Gasteiger partial charge in [-0.15, -0.1) is 0 Å². The molecule has 1 atom stereocenters. The van der Waals surface area contributed by atoms with Gasteiger partial charge in [0.25, 0.3) is 0 Å². The molecule has 0 N–H and O–H groups in total. The second-order valence-electron chi connectivity index (χ2n) is 7.27. The maximum atomic E-state index is 13.0. The molecule has 1 saturated heterocycles. The van der Waals surface area contributed by atoms with Crippen molar-refractivity contribution in [2.75, 3.05) is 13.1 Å². The van der Waals surface area contributed by atoms with E-state index in [4.69, 9.17) is 11.6 Å². The van der Waals surface area contributed by atoms with Crippen LogP contribution in [0.15, 0.2) is 48.8 Å². The summed E-state index contributed by atoms with van der Waals surface area (Å²) in [5.41, 5.74) is 2.10. The van der Waals surface area contributed by atoms with Crippen LogP contribution in [0.5, 0.6) is 0 Å². The Morgan fingerprint density at radius 3 is 2.52 bits per heavy atom. The number of carbonyl (C=O) groups is 2. The van der Waals surface area contributed by atoms with E-state index >= 15 is 0 Å². The van der Waals surface area contributed by atoms with Gasteiger partial charge in [-0.05, 0) is 56.5 Å². The number of rotatable bonds is 7. The number of ketones is 2. The number of likely N-dealkylation sites (tertiary alicyclic amines) is 1. The van der Waals surface area contributed by atoms with Crippen LogP contribution in [0.3, 0.4) is 0 Å². The third kappa shape index (κ3) is 5.24. The van der Waals surface area contributed by atoms with Gasteiger partial charge in [0, 0.05) is 24.9 Å². The summed E-state index contributed by atoms with van der Waals surface area (Å²) in [4.78, 5) is 31.4. The average Bonchev–Trinajstić information content (AvgIpc) is 2.68. The number of pyridine rings is 1. The molecule has 1 aromatic carbocycles. The highest BCUT2D eigenvalue weighted by atomic mass is 35.5. The van der Waals surface area contributed by atoms with Crippen LogP contribution in [0, 0.1) is 11.8 Å². The molecule has 5 heteroatoms. The van der Waals surface area contributed by atoms with Crippen molar-refractivity contribution >= 4 is 23.2 Å². The van der Waals surface area contributed by atoms with Gasteiger partial charge >= 0.3 is 0 Å². The SMILES string of the molecule is CC(=O)C(Cc1ccccc1)C(=O)C1CCN(Cc2ccncc2Cl)CC1. The summed E-state index contributed by atoms with van der Waals surface area (Å²) in [5.74, 6) is -0.492. The molecule has 27 heavy (non-hydrogen) atoms. The second-order valence-corrected chi connectivity index (χ2v) is 7.68. The number of carbonyl (C=O) groups excluding carboxylic acids is 2. The fourth-order valence-electron chi connectivity index (χ4n) is 3.73. The lowest BCUT2D eigenvalue weighted by Crippen LogP contribution is -2.39. The Morgan fingerprint density at radius 2 is 1.89 bits per heavy atom. The van der Waals surface area contributed by atoms with E-state index in [0.29, 0.717) is 11.4 Å². The van der Waals surface area contributed by atoms with Crippen LogP contribution >= 0.6 is 11.6 Å². The van der Waals surface area contributed by atoms with E-state index in [9.17, 15) is 9.59 Å². The summed E-state index contributed by atoms with van der Waals surface area (Å²) in [6.45, 7) is 3.98. The number of halogens is 1. The van der Waals surface area contributed by atoms with Crippen molar-refractivity contribution in [3.63, 3.8) is 0 Å². The van der Waals surface area contributed by atoms with Gasteiger partial charge in [-0.2, -0.15) is 0 Å². The fourth-order valence-corrected chi connectivity index (χ4v) is 3.91. The molecule has 1 aliphatic rings. The van der Waals surface area contributed by atoms with Crippen LogP contribution in [0.25, 0.3) is 0 Å². The topological polar surface area (TPSA) is 50.3 Å². The summed E-state index contributed by atoms with van der Waals surface area (Å²) < 4.78 is 0. The number of hydrogen-bond acceptors (Lipinski definition) is 4. The number of Topliss-reactive ketones (excluding diaryl/α,β-unsaturated/α-hetero) is 2. The molecule has 1 aromatic heterocycles. The zero-order valence-corrected chi connectivity index (χ0v) is 16.4. The van der Waals surface area contributed by atoms with E-state index < -0.39 is 5.92 Å². The van der Waals surface area contributed by atoms with E-state index in [0.717, 1.165) is 43.6 Å². The highest BCUT2D eigenvalue weighted by molar-refractivity contribution is 6.31. The van der Waals surface area contributed by atoms with Crippen LogP contribution in [0.4, 0.5) is 0 Å². The molecule has 142 valence electrons. The van der Waals surface area contributed by atoms with Gasteiger partial charge in [0.1, 0.15) is 11.6 Å². The zero-order chi connectivity index (χ0) is 19.2. The number of aromatic nitrogens is 1. The molecule has 0 bridgehead atoms. The van der Waals surface area contributed by atoms with Crippen LogP contribution < -0.4 is 0 Å². The van der Waals surface area contributed by atoms with Gasteiger partial charge in [-0.25, -0.2) is 0 Å². The first kappa shape index (κ1) is 19.7.